The topological polar surface area (TPSA) is 80.7 Å². The van der Waals surface area contributed by atoms with Crippen LogP contribution < -0.4 is 21.2 Å². The van der Waals surface area contributed by atoms with E-state index in [4.69, 9.17) is 4.74 Å². The summed E-state index contributed by atoms with van der Waals surface area (Å²) < 4.78 is 5.62. The normalized spacial score (nSPS) is 45.3. The second kappa shape index (κ2) is 11.9. The van der Waals surface area contributed by atoms with Gasteiger partial charge >= 0.3 is 276 Å². The number of ether oxygens (including phenoxy) is 1. The number of aliphatic hydroxyl groups excluding tert-OH is 1. The van der Waals surface area contributed by atoms with Gasteiger partial charge in [-0.1, -0.05) is 0 Å². The van der Waals surface area contributed by atoms with Crippen molar-refractivity contribution in [3.8, 4) is 0 Å². The third kappa shape index (κ3) is 5.71. The van der Waals surface area contributed by atoms with Gasteiger partial charge in [-0.05, 0) is 20.8 Å². The minimum Gasteiger partial charge on any atom is -0.379 e. The van der Waals surface area contributed by atoms with Crippen LogP contribution >= 0.6 is 67.8 Å². The minimum absolute atomic E-state index is 0.0314. The van der Waals surface area contributed by atoms with Crippen LogP contribution in [0, 0.1) is 33.5 Å². The molecule has 0 aromatic rings. The fraction of sp³-hybridized carbons (Fsp3) is 0.794. The monoisotopic (exact) mass is 1040 g/mol. The average molecular weight is 1050 g/mol. The molecule has 0 bridgehead atoms. The number of aliphatic hydroxyl groups is 1. The molecule has 9 heteroatoms. The van der Waals surface area contributed by atoms with Gasteiger partial charge in [0, 0.05) is 7.11 Å². The molecule has 5 rings (SSSR count). The quantitative estimate of drug-likeness (QED) is 0.168. The number of alkyl halides is 4. The molecule has 5 aliphatic rings. The SMILES string of the molecule is CC1(C)CCC2(C[I-]C=O)CCC3C4(C)CCC5C(C)(I)C(=O)C(O)=CC5(C)C4=CC(=O)C3(I)C2(I)C1.COC(C)(C)C. The second-order valence-electron chi connectivity index (χ2n) is 16.1. The molecular weight excluding hydrogens is 996 g/mol. The fourth-order valence-corrected chi connectivity index (χ4v) is 18.1. The van der Waals surface area contributed by atoms with Crippen molar-refractivity contribution in [1.29, 1.82) is 0 Å². The summed E-state index contributed by atoms with van der Waals surface area (Å²) >= 11 is 7.02. The van der Waals surface area contributed by atoms with E-state index in [2.05, 4.69) is 95.5 Å². The summed E-state index contributed by atoms with van der Waals surface area (Å²) in [5, 5.41) is 10.8. The third-order valence-corrected chi connectivity index (χ3v) is 21.0. The summed E-state index contributed by atoms with van der Waals surface area (Å²) in [4.78, 5) is 39.2. The van der Waals surface area contributed by atoms with Gasteiger partial charge in [0.05, 0.1) is 5.60 Å². The van der Waals surface area contributed by atoms with E-state index in [1.807, 2.05) is 33.8 Å². The predicted octanol–water partition coefficient (Wildman–Crippen LogP) is 5.80. The molecule has 0 heterocycles. The van der Waals surface area contributed by atoms with Crippen LogP contribution in [-0.2, 0) is 19.1 Å². The molecule has 3 fully saturated rings. The van der Waals surface area contributed by atoms with Gasteiger partial charge in [-0.2, -0.15) is 0 Å². The Labute approximate surface area is 310 Å². The Bertz CT molecular complexity index is 1250. The van der Waals surface area contributed by atoms with Crippen molar-refractivity contribution in [3.05, 3.63) is 23.5 Å². The van der Waals surface area contributed by atoms with E-state index in [-0.39, 0.29) is 54.4 Å². The number of allylic oxidation sites excluding steroid dienone is 4. The number of ketones is 2. The zero-order chi connectivity index (χ0) is 32.7. The number of carbonyl (C=O) groups excluding carboxylic acids is 3. The molecule has 43 heavy (non-hydrogen) atoms. The molecule has 5 aliphatic carbocycles. The van der Waals surface area contributed by atoms with Crippen LogP contribution in [0.15, 0.2) is 23.5 Å². The van der Waals surface area contributed by atoms with E-state index in [1.165, 1.54) is 4.29 Å². The average Bonchev–Trinajstić information content (AvgIpc) is 2.88. The summed E-state index contributed by atoms with van der Waals surface area (Å²) in [6.07, 6.45) is 10.9. The van der Waals surface area contributed by atoms with Crippen LogP contribution in [-0.4, -0.2) is 48.4 Å². The maximum Gasteiger partial charge on any atom is 0.0594 e. The molecule has 8 unspecified atom stereocenters. The van der Waals surface area contributed by atoms with Crippen LogP contribution in [0.1, 0.15) is 100 Å². The number of rotatable bonds is 3. The number of hydrogen-bond donors (Lipinski definition) is 1. The Morgan fingerprint density at radius 2 is 1.58 bits per heavy atom. The predicted molar refractivity (Wildman–Crippen MR) is 195 cm³/mol. The van der Waals surface area contributed by atoms with Gasteiger partial charge in [-0.15, -0.1) is 0 Å². The van der Waals surface area contributed by atoms with E-state index in [0.717, 1.165) is 54.9 Å². The molecule has 3 saturated carbocycles. The van der Waals surface area contributed by atoms with Crippen molar-refractivity contribution in [1.82, 2.24) is 0 Å². The molecule has 244 valence electrons. The first-order valence-corrected chi connectivity index (χ1v) is 21.4. The van der Waals surface area contributed by atoms with E-state index in [0.29, 0.717) is 0 Å². The van der Waals surface area contributed by atoms with Gasteiger partial charge in [0.1, 0.15) is 0 Å². The van der Waals surface area contributed by atoms with Gasteiger partial charge in [0.15, 0.2) is 0 Å². The molecule has 0 aliphatic heterocycles. The first kappa shape index (κ1) is 37.0. The Kier molecular flexibility index (Phi) is 10.3. The molecule has 0 amide bonds. The second-order valence-corrected chi connectivity index (χ2v) is 24.0. The van der Waals surface area contributed by atoms with Crippen molar-refractivity contribution in [2.75, 3.05) is 11.5 Å². The smallest absolute Gasteiger partial charge is 0.0594 e. The summed E-state index contributed by atoms with van der Waals surface area (Å²) in [7, 11) is 1.71. The molecule has 0 radical (unpaired) electrons. The molecule has 0 aromatic heterocycles. The van der Waals surface area contributed by atoms with E-state index >= 15 is 0 Å². The van der Waals surface area contributed by atoms with Crippen LogP contribution in [0.3, 0.4) is 0 Å². The van der Waals surface area contributed by atoms with Crippen LogP contribution in [0.2, 0.25) is 0 Å². The standard InChI is InChI=1S/C29H37I4O4.C5H12O/c1-23(2)10-11-27(15-33-16-34)9-7-19-24(3)8-6-18-25(4,13-17(35)22(37)26(18,5)30)20(24)12-21(36)29(19,32)28(27,31)14-23;1-5(2,3)6-4/h12-13,16,18-19,35H,6-11,14-15H2,1-5H3;1-4H3/q-1;. The van der Waals surface area contributed by atoms with Gasteiger partial charge in [-0.3, -0.25) is 0 Å². The Morgan fingerprint density at radius 1 is 1.00 bits per heavy atom. The molecule has 8 atom stereocenters. The first-order valence-electron chi connectivity index (χ1n) is 15.4. The van der Waals surface area contributed by atoms with Crippen molar-refractivity contribution in [3.63, 3.8) is 0 Å². The van der Waals surface area contributed by atoms with E-state index < -0.39 is 33.5 Å². The molecular formula is C34H49I4O5-. The zero-order valence-electron chi connectivity index (χ0n) is 27.1. The molecule has 1 N–H and O–H groups in total. The van der Waals surface area contributed by atoms with Crippen molar-refractivity contribution in [2.24, 2.45) is 33.5 Å². The molecule has 5 nitrogen and oxygen atoms in total. The minimum atomic E-state index is -0.701. The Hall–Kier alpha value is 1.17. The van der Waals surface area contributed by atoms with Gasteiger partial charge < -0.3 is 4.74 Å². The van der Waals surface area contributed by atoms with Crippen LogP contribution in [0.5, 0.6) is 0 Å². The zero-order valence-corrected chi connectivity index (χ0v) is 35.8. The summed E-state index contributed by atoms with van der Waals surface area (Å²) in [5.74, 6) is 0.0990. The number of fused-ring (bicyclic) bond motifs is 7. The number of carbonyl (C=O) groups is 3. The number of methoxy groups -OCH3 is 1. The van der Waals surface area contributed by atoms with Gasteiger partial charge in [0.2, 0.25) is 0 Å². The van der Waals surface area contributed by atoms with E-state index in [1.54, 1.807) is 13.2 Å². The van der Waals surface area contributed by atoms with Crippen molar-refractivity contribution >= 4 is 83.6 Å². The summed E-state index contributed by atoms with van der Waals surface area (Å²) in [5.41, 5.74) is 0.638. The summed E-state index contributed by atoms with van der Waals surface area (Å²) in [6, 6.07) is 0. The molecule has 0 saturated heterocycles. The van der Waals surface area contributed by atoms with Gasteiger partial charge in [0.25, 0.3) is 0 Å². The first-order chi connectivity index (χ1) is 19.5. The molecule has 0 spiro atoms. The maximum absolute atomic E-state index is 14.7. The van der Waals surface area contributed by atoms with Crippen molar-refractivity contribution < 1.29 is 45.4 Å². The van der Waals surface area contributed by atoms with Crippen LogP contribution in [0.25, 0.3) is 0 Å². The molecule has 0 aromatic carbocycles. The van der Waals surface area contributed by atoms with Crippen molar-refractivity contribution in [2.45, 2.75) is 116 Å². The van der Waals surface area contributed by atoms with Crippen LogP contribution in [0.4, 0.5) is 0 Å². The third-order valence-electron chi connectivity index (χ3n) is 11.9. The Balaban J connectivity index is 0.000000641. The number of hydrogen-bond acceptors (Lipinski definition) is 5. The summed E-state index contributed by atoms with van der Waals surface area (Å²) in [6.45, 7) is 17.2. The maximum atomic E-state index is 14.7. The van der Waals surface area contributed by atoms with Gasteiger partial charge in [-0.25, -0.2) is 0 Å². The number of Topliss-reactive ketones (excluding diaryl/α,β-unsaturated/α-hetero) is 1. The Morgan fingerprint density at radius 3 is 2.14 bits per heavy atom. The fourth-order valence-electron chi connectivity index (χ4n) is 9.36. The largest absolute Gasteiger partial charge is 0.379 e. The van der Waals surface area contributed by atoms with E-state index in [9.17, 15) is 19.5 Å². The number of halogens is 4.